The fourth-order valence-corrected chi connectivity index (χ4v) is 17.4. The van der Waals surface area contributed by atoms with Crippen LogP contribution in [0.15, 0.2) is 0 Å². The van der Waals surface area contributed by atoms with Crippen molar-refractivity contribution in [2.75, 3.05) is 39.6 Å². The lowest BCUT2D eigenvalue weighted by molar-refractivity contribution is -0.393. The van der Waals surface area contributed by atoms with Gasteiger partial charge in [0.15, 0.2) is 25.2 Å². The standard InChI is InChI=1S/C52H84O23/c1-46(20-55)12-13-51-22-69-52(29(51)14-46)11-7-28-47(2)9-8-31(48(3,21-56)27(47)6-10-49(28,4)50(52,5)15-30(51)58)73-44-40(75-43-39(66)36(63)33(60)24(16-53)70-43)35(62)26(19-68-44)72-45-41(37(64)34(61)25(17-54)71-45)74-42-38(65)32(59)23(57)18-67-42/h20,23-45,53-54,56-66H,6-19,21-22H2,1-5H3/t23-,24-,25-,26+,27?,28?,29?,30-,31+,32+,33-,34-,35+,36+,37+,38-,39-,40-,41-,42+,43+,44+,45+,46+,47+,48+,49-,50+,51-,52+/m1/s1. The zero-order valence-electron chi connectivity index (χ0n) is 43.6. The fourth-order valence-electron chi connectivity index (χ4n) is 17.4. The van der Waals surface area contributed by atoms with E-state index in [4.69, 9.17) is 42.6 Å². The first kappa shape index (κ1) is 57.0. The number of hydrogen-bond acceptors (Lipinski definition) is 23. The van der Waals surface area contributed by atoms with E-state index in [1.54, 1.807) is 0 Å². The molecule has 10 rings (SSSR count). The second kappa shape index (κ2) is 20.3. The van der Waals surface area contributed by atoms with Crippen LogP contribution >= 0.6 is 0 Å². The first-order valence-corrected chi connectivity index (χ1v) is 27.3. The molecule has 75 heavy (non-hydrogen) atoms. The molecular formula is C52H84O23. The second-order valence-electron chi connectivity index (χ2n) is 25.6. The number of carbonyl (C=O) groups is 1. The fraction of sp³-hybridized carbons (Fsp3) is 0.981. The summed E-state index contributed by atoms with van der Waals surface area (Å²) in [6.45, 7) is 8.67. The number of hydrogen-bond donors (Lipinski definition) is 13. The molecule has 23 nitrogen and oxygen atoms in total. The first-order valence-electron chi connectivity index (χ1n) is 27.3. The quantitative estimate of drug-likeness (QED) is 0.0688. The van der Waals surface area contributed by atoms with E-state index >= 15 is 0 Å². The van der Waals surface area contributed by atoms with Gasteiger partial charge in [-0.3, -0.25) is 0 Å². The zero-order chi connectivity index (χ0) is 54.2. The molecule has 30 atom stereocenters. The predicted octanol–water partition coefficient (Wildman–Crippen LogP) is -2.92. The Kier molecular flexibility index (Phi) is 15.5. The van der Waals surface area contributed by atoms with Gasteiger partial charge in [-0.1, -0.05) is 34.6 Å². The summed E-state index contributed by atoms with van der Waals surface area (Å²) in [6, 6.07) is 0. The minimum atomic E-state index is -1.93. The number of aldehydes is 1. The summed E-state index contributed by atoms with van der Waals surface area (Å²) in [7, 11) is 0. The summed E-state index contributed by atoms with van der Waals surface area (Å²) in [4.78, 5) is 12.6. The Bertz CT molecular complexity index is 2040. The van der Waals surface area contributed by atoms with Gasteiger partial charge in [-0.05, 0) is 92.8 Å². The Hall–Kier alpha value is -1.21. The number of aliphatic hydroxyl groups excluding tert-OH is 13. The molecule has 2 bridgehead atoms. The van der Waals surface area contributed by atoms with Crippen LogP contribution in [0.25, 0.3) is 0 Å². The normalized spacial score (nSPS) is 58.8. The van der Waals surface area contributed by atoms with E-state index in [0.29, 0.717) is 38.7 Å². The third-order valence-electron chi connectivity index (χ3n) is 22.1. The van der Waals surface area contributed by atoms with Gasteiger partial charge in [0.1, 0.15) is 91.7 Å². The summed E-state index contributed by atoms with van der Waals surface area (Å²) >= 11 is 0. The summed E-state index contributed by atoms with van der Waals surface area (Å²) in [5, 5.41) is 142. The number of ether oxygens (including phenoxy) is 9. The Morgan fingerprint density at radius 1 is 0.560 bits per heavy atom. The zero-order valence-corrected chi connectivity index (χ0v) is 43.6. The molecule has 5 saturated carbocycles. The van der Waals surface area contributed by atoms with Crippen LogP contribution in [-0.4, -0.2) is 241 Å². The molecule has 1 spiro atoms. The Labute approximate surface area is 436 Å². The topological polar surface area (TPSA) is 363 Å². The molecular weight excluding hydrogens is 993 g/mol. The number of carbonyl (C=O) groups excluding carboxylic acids is 1. The van der Waals surface area contributed by atoms with Crippen LogP contribution < -0.4 is 0 Å². The maximum atomic E-state index is 12.6. The minimum Gasteiger partial charge on any atom is -0.396 e. The van der Waals surface area contributed by atoms with Crippen molar-refractivity contribution >= 4 is 6.29 Å². The molecule has 430 valence electrons. The lowest BCUT2D eigenvalue weighted by atomic mass is 9.30. The third-order valence-corrected chi connectivity index (χ3v) is 22.1. The van der Waals surface area contributed by atoms with E-state index in [2.05, 4.69) is 20.8 Å². The molecule has 5 aliphatic heterocycles. The third kappa shape index (κ3) is 8.53. The lowest BCUT2D eigenvalue weighted by Gasteiger charge is -2.75. The van der Waals surface area contributed by atoms with Crippen molar-refractivity contribution in [3.8, 4) is 0 Å². The number of aliphatic hydroxyl groups is 13. The molecule has 0 amide bonds. The Morgan fingerprint density at radius 3 is 1.87 bits per heavy atom. The monoisotopic (exact) mass is 1080 g/mol. The summed E-state index contributed by atoms with van der Waals surface area (Å²) in [6.07, 6.45) is -23.9. The number of fused-ring (bicyclic) bond motifs is 4. The van der Waals surface area contributed by atoms with Gasteiger partial charge in [0, 0.05) is 21.7 Å². The molecule has 0 aromatic heterocycles. The van der Waals surface area contributed by atoms with Crippen molar-refractivity contribution in [1.82, 2.24) is 0 Å². The van der Waals surface area contributed by atoms with Crippen molar-refractivity contribution in [2.45, 2.75) is 227 Å². The molecule has 0 aromatic rings. The van der Waals surface area contributed by atoms with E-state index in [1.165, 1.54) is 0 Å². The first-order chi connectivity index (χ1) is 35.4. The molecule has 5 saturated heterocycles. The van der Waals surface area contributed by atoms with Crippen LogP contribution in [-0.2, 0) is 47.4 Å². The molecule has 5 aliphatic carbocycles. The maximum absolute atomic E-state index is 12.6. The van der Waals surface area contributed by atoms with Crippen molar-refractivity contribution < 1.29 is 114 Å². The summed E-state index contributed by atoms with van der Waals surface area (Å²) < 4.78 is 55.6. The van der Waals surface area contributed by atoms with Gasteiger partial charge in [-0.2, -0.15) is 0 Å². The molecule has 0 aromatic carbocycles. The highest BCUT2D eigenvalue weighted by atomic mass is 16.8. The highest BCUT2D eigenvalue weighted by Gasteiger charge is 2.80. The van der Waals surface area contributed by atoms with Gasteiger partial charge >= 0.3 is 0 Å². The van der Waals surface area contributed by atoms with Crippen LogP contribution in [0.3, 0.4) is 0 Å². The van der Waals surface area contributed by atoms with Gasteiger partial charge in [-0.25, -0.2) is 0 Å². The van der Waals surface area contributed by atoms with Crippen molar-refractivity contribution in [3.63, 3.8) is 0 Å². The largest absolute Gasteiger partial charge is 0.396 e. The molecule has 10 fully saturated rings. The van der Waals surface area contributed by atoms with Crippen molar-refractivity contribution in [1.29, 1.82) is 0 Å². The summed E-state index contributed by atoms with van der Waals surface area (Å²) in [5.74, 6) is 0.0694. The van der Waals surface area contributed by atoms with Crippen LogP contribution in [0.2, 0.25) is 0 Å². The van der Waals surface area contributed by atoms with Gasteiger partial charge in [0.2, 0.25) is 0 Å². The van der Waals surface area contributed by atoms with Gasteiger partial charge in [-0.15, -0.1) is 0 Å². The van der Waals surface area contributed by atoms with Crippen LogP contribution in [0, 0.1) is 50.2 Å². The predicted molar refractivity (Wildman–Crippen MR) is 252 cm³/mol. The molecule has 10 aliphatic rings. The van der Waals surface area contributed by atoms with E-state index in [-0.39, 0.29) is 40.6 Å². The lowest BCUT2D eigenvalue weighted by Crippen LogP contribution is -2.74. The smallest absolute Gasteiger partial charge is 0.187 e. The summed E-state index contributed by atoms with van der Waals surface area (Å²) in [5.41, 5.74) is -3.39. The average Bonchev–Trinajstić information content (AvgIpc) is 3.87. The number of rotatable bonds is 12. The highest BCUT2D eigenvalue weighted by molar-refractivity contribution is 5.59. The Balaban J connectivity index is 0.913. The van der Waals surface area contributed by atoms with E-state index < -0.39 is 171 Å². The SMILES string of the molecule is C[C@]1(C=O)CC[C@]23CO[C@@]4(CCC5[C@@]6(C)CC[C@H](O[C@@H]7OC[C@H](O[C@@H]8O[C@H](CO)[C@@H](O)[C@H](O)[C@H]8O[C@@H]8OC[C@@H](O)[C@H](O)[C@H]8O)[C@H](O)[C@H]7O[C@@H]7O[C@H](CO)[C@@H](O)[C@H](O)[C@H]7O)[C@@](C)(CO)C6CC[C@@]5(C)[C@]4(C)C[C@H]2O)C3C1. The van der Waals surface area contributed by atoms with E-state index in [9.17, 15) is 71.2 Å². The van der Waals surface area contributed by atoms with Crippen LogP contribution in [0.4, 0.5) is 0 Å². The molecule has 23 heteroatoms. The molecule has 5 heterocycles. The van der Waals surface area contributed by atoms with E-state index in [1.807, 2.05) is 13.8 Å². The van der Waals surface area contributed by atoms with Crippen LogP contribution in [0.5, 0.6) is 0 Å². The van der Waals surface area contributed by atoms with Crippen molar-refractivity contribution in [3.05, 3.63) is 0 Å². The second-order valence-corrected chi connectivity index (χ2v) is 25.6. The Morgan fingerprint density at radius 2 is 1.19 bits per heavy atom. The van der Waals surface area contributed by atoms with Crippen molar-refractivity contribution in [2.24, 2.45) is 50.2 Å². The van der Waals surface area contributed by atoms with E-state index in [0.717, 1.165) is 38.4 Å². The van der Waals surface area contributed by atoms with Gasteiger partial charge in [0.25, 0.3) is 0 Å². The minimum absolute atomic E-state index is 0.0322. The van der Waals surface area contributed by atoms with Gasteiger partial charge in [0.05, 0.1) is 57.5 Å². The molecule has 0 radical (unpaired) electrons. The average molecular weight is 1080 g/mol. The van der Waals surface area contributed by atoms with Gasteiger partial charge < -0.3 is 114 Å². The molecule has 3 unspecified atom stereocenters. The molecule has 13 N–H and O–H groups in total. The maximum Gasteiger partial charge on any atom is 0.187 e. The highest BCUT2D eigenvalue weighted by Crippen LogP contribution is 2.80. The van der Waals surface area contributed by atoms with Crippen LogP contribution in [0.1, 0.15) is 98.8 Å².